The summed E-state index contributed by atoms with van der Waals surface area (Å²) >= 11 is 6.21. The number of hydrogen-bond acceptors (Lipinski definition) is 9. The first kappa shape index (κ1) is 30.2. The van der Waals surface area contributed by atoms with Crippen molar-refractivity contribution >= 4 is 47.1 Å². The molecule has 3 amide bonds. The summed E-state index contributed by atoms with van der Waals surface area (Å²) in [7, 11) is 2.59. The first-order valence-corrected chi connectivity index (χ1v) is 14.2. The van der Waals surface area contributed by atoms with Gasteiger partial charge in [-0.15, -0.1) is 5.10 Å². The number of carbonyl (C=O) groups excluding carboxylic acids is 3. The van der Waals surface area contributed by atoms with Crippen molar-refractivity contribution in [3.05, 3.63) is 71.4 Å². The van der Waals surface area contributed by atoms with E-state index in [1.54, 1.807) is 48.7 Å². The molecule has 14 nitrogen and oxygen atoms in total. The van der Waals surface area contributed by atoms with Crippen molar-refractivity contribution in [1.82, 2.24) is 35.5 Å². The zero-order valence-corrected chi connectivity index (χ0v) is 24.7. The van der Waals surface area contributed by atoms with Crippen LogP contribution < -0.4 is 15.5 Å². The van der Waals surface area contributed by atoms with Gasteiger partial charge in [0.1, 0.15) is 12.2 Å². The van der Waals surface area contributed by atoms with Crippen LogP contribution in [-0.4, -0.2) is 69.0 Å². The summed E-state index contributed by atoms with van der Waals surface area (Å²) < 4.78 is 11.3. The Hall–Kier alpha value is -5.24. The van der Waals surface area contributed by atoms with E-state index in [0.717, 1.165) is 12.8 Å². The van der Waals surface area contributed by atoms with Gasteiger partial charge in [-0.05, 0) is 65.7 Å². The maximum Gasteiger partial charge on any atom is 0.414 e. The lowest BCUT2D eigenvalue weighted by Crippen LogP contribution is -2.32. The highest BCUT2D eigenvalue weighted by Crippen LogP contribution is 2.35. The van der Waals surface area contributed by atoms with E-state index in [4.69, 9.17) is 21.1 Å². The number of nitrogens with zero attached hydrogens (tertiary/aromatic N) is 6. The molecular weight excluding hydrogens is 590 g/mol. The van der Waals surface area contributed by atoms with Gasteiger partial charge in [-0.3, -0.25) is 15.0 Å². The minimum Gasteiger partial charge on any atom is -0.453 e. The lowest BCUT2D eigenvalue weighted by molar-refractivity contribution is -0.117. The van der Waals surface area contributed by atoms with Gasteiger partial charge in [0.2, 0.25) is 5.91 Å². The minimum atomic E-state index is -0.638. The van der Waals surface area contributed by atoms with Crippen LogP contribution in [0.4, 0.5) is 21.0 Å². The van der Waals surface area contributed by atoms with E-state index in [2.05, 4.69) is 36.1 Å². The zero-order valence-electron chi connectivity index (χ0n) is 24.0. The highest BCUT2D eigenvalue weighted by molar-refractivity contribution is 6.30. The standard InChI is InChI=1S/C29H30ClN9O5/c1-43-28(41)33-20-9-10-21-23-16-31-27(35-23)22(6-4-3-5-13-38(25(21)15-20)29(42)44-2)34-26(40)12-7-18-14-19(30)8-11-24(18)39-17-32-36-37-39/h7-12,14-17,22H,3-6,13H2,1-2H3,(H,31,35)(H,33,41)(H,34,40)/b12-7+/t22-/m0/s1. The fraction of sp³-hybridized carbons (Fsp3) is 0.276. The number of amides is 3. The van der Waals surface area contributed by atoms with E-state index in [1.807, 2.05) is 0 Å². The van der Waals surface area contributed by atoms with E-state index in [0.29, 0.717) is 64.1 Å². The molecule has 1 aliphatic rings. The Morgan fingerprint density at radius 3 is 2.70 bits per heavy atom. The van der Waals surface area contributed by atoms with Crippen LogP contribution in [0.3, 0.4) is 0 Å². The van der Waals surface area contributed by atoms with Gasteiger partial charge in [-0.25, -0.2) is 14.6 Å². The van der Waals surface area contributed by atoms with Crippen molar-refractivity contribution in [3.8, 4) is 16.9 Å². The maximum atomic E-state index is 13.1. The summed E-state index contributed by atoms with van der Waals surface area (Å²) in [5.74, 6) is 0.241. The van der Waals surface area contributed by atoms with Crippen molar-refractivity contribution in [2.24, 2.45) is 0 Å². The van der Waals surface area contributed by atoms with Crippen LogP contribution in [0.25, 0.3) is 23.0 Å². The smallest absolute Gasteiger partial charge is 0.414 e. The highest BCUT2D eigenvalue weighted by atomic mass is 35.5. The van der Waals surface area contributed by atoms with Crippen LogP contribution in [0, 0.1) is 0 Å². The summed E-state index contributed by atoms with van der Waals surface area (Å²) in [4.78, 5) is 47.3. The van der Waals surface area contributed by atoms with E-state index in [-0.39, 0.29) is 5.91 Å². The van der Waals surface area contributed by atoms with Crippen LogP contribution >= 0.6 is 11.6 Å². The molecule has 0 fully saturated rings. The van der Waals surface area contributed by atoms with Crippen LogP contribution in [0.2, 0.25) is 5.02 Å². The number of ether oxygens (including phenoxy) is 2. The summed E-state index contributed by atoms with van der Waals surface area (Å²) in [5, 5.41) is 17.5. The van der Waals surface area contributed by atoms with Crippen LogP contribution in [0.15, 0.2) is 55.0 Å². The Bertz CT molecular complexity index is 1670. The number of imidazole rings is 1. The summed E-state index contributed by atoms with van der Waals surface area (Å²) in [6.07, 6.45) is 7.85. The quantitative estimate of drug-likeness (QED) is 0.263. The molecule has 0 saturated carbocycles. The number of carbonyl (C=O) groups is 3. The van der Waals surface area contributed by atoms with Crippen molar-refractivity contribution in [3.63, 3.8) is 0 Å². The first-order valence-electron chi connectivity index (χ1n) is 13.8. The second-order valence-electron chi connectivity index (χ2n) is 9.85. The zero-order chi connectivity index (χ0) is 31.1. The second kappa shape index (κ2) is 13.8. The lowest BCUT2D eigenvalue weighted by atomic mass is 10.0. The SMILES string of the molecule is COC(=O)Nc1ccc2c(c1)N(C(=O)OC)CCCCC[C@H](NC(=O)/C=C/c1cc(Cl)ccc1-n1cnnn1)c1ncc-2[nH]1. The number of benzene rings is 2. The van der Waals surface area contributed by atoms with E-state index in [1.165, 1.54) is 36.2 Å². The van der Waals surface area contributed by atoms with Crippen molar-refractivity contribution in [2.75, 3.05) is 31.0 Å². The molecule has 5 rings (SSSR count). The van der Waals surface area contributed by atoms with Gasteiger partial charge in [0.25, 0.3) is 0 Å². The number of nitrogens with one attached hydrogen (secondary N) is 3. The maximum absolute atomic E-state index is 13.1. The number of tetrazole rings is 1. The normalized spacial score (nSPS) is 15.1. The van der Waals surface area contributed by atoms with Crippen molar-refractivity contribution < 1.29 is 23.9 Å². The van der Waals surface area contributed by atoms with E-state index in [9.17, 15) is 14.4 Å². The van der Waals surface area contributed by atoms with Gasteiger partial charge in [-0.1, -0.05) is 24.4 Å². The molecule has 4 aromatic rings. The van der Waals surface area contributed by atoms with Gasteiger partial charge in [0.15, 0.2) is 0 Å². The van der Waals surface area contributed by atoms with Crippen LogP contribution in [-0.2, 0) is 14.3 Å². The predicted octanol–water partition coefficient (Wildman–Crippen LogP) is 4.90. The number of aromatic amines is 1. The molecule has 1 aliphatic heterocycles. The third kappa shape index (κ3) is 7.03. The number of methoxy groups -OCH3 is 2. The molecule has 2 bridgehead atoms. The van der Waals surface area contributed by atoms with Crippen LogP contribution in [0.5, 0.6) is 0 Å². The van der Waals surface area contributed by atoms with Crippen molar-refractivity contribution in [1.29, 1.82) is 0 Å². The number of aromatic nitrogens is 6. The topological polar surface area (TPSA) is 169 Å². The Morgan fingerprint density at radius 2 is 1.93 bits per heavy atom. The minimum absolute atomic E-state index is 0.321. The lowest BCUT2D eigenvalue weighted by Gasteiger charge is -2.25. The second-order valence-corrected chi connectivity index (χ2v) is 10.3. The molecule has 2 aromatic heterocycles. The third-order valence-corrected chi connectivity index (χ3v) is 7.26. The molecule has 0 radical (unpaired) electrons. The predicted molar refractivity (Wildman–Crippen MR) is 162 cm³/mol. The van der Waals surface area contributed by atoms with Gasteiger partial charge in [0, 0.05) is 34.5 Å². The Labute approximate surface area is 257 Å². The molecule has 0 aliphatic carbocycles. The fourth-order valence-corrected chi connectivity index (χ4v) is 5.08. The average Bonchev–Trinajstić information content (AvgIpc) is 3.74. The first-order chi connectivity index (χ1) is 21.4. The molecule has 0 spiro atoms. The number of anilines is 2. The number of H-pyrrole nitrogens is 1. The van der Waals surface area contributed by atoms with Gasteiger partial charge >= 0.3 is 12.2 Å². The van der Waals surface area contributed by atoms with E-state index >= 15 is 0 Å². The monoisotopic (exact) mass is 619 g/mol. The highest BCUT2D eigenvalue weighted by Gasteiger charge is 2.24. The number of halogens is 1. The average molecular weight is 620 g/mol. The fourth-order valence-electron chi connectivity index (χ4n) is 4.90. The number of hydrogen-bond donors (Lipinski definition) is 3. The molecule has 1 atom stereocenters. The molecule has 15 heteroatoms. The summed E-state index contributed by atoms with van der Waals surface area (Å²) in [6.45, 7) is 0.380. The molecule has 3 heterocycles. The largest absolute Gasteiger partial charge is 0.453 e. The molecular formula is C29H30ClN9O5. The summed E-state index contributed by atoms with van der Waals surface area (Å²) in [6, 6.07) is 9.94. The molecule has 3 N–H and O–H groups in total. The van der Waals surface area contributed by atoms with Gasteiger partial charge in [-0.2, -0.15) is 4.68 Å². The molecule has 0 unspecified atom stereocenters. The Kier molecular flexibility index (Phi) is 9.49. The molecule has 44 heavy (non-hydrogen) atoms. The molecule has 0 saturated heterocycles. The number of rotatable bonds is 5. The molecule has 228 valence electrons. The Morgan fingerprint density at radius 1 is 1.07 bits per heavy atom. The van der Waals surface area contributed by atoms with Crippen molar-refractivity contribution in [2.45, 2.75) is 31.7 Å². The van der Waals surface area contributed by atoms with Crippen LogP contribution in [0.1, 0.15) is 43.1 Å². The summed E-state index contributed by atoms with van der Waals surface area (Å²) in [5.41, 5.74) is 3.56. The molecule has 2 aromatic carbocycles. The third-order valence-electron chi connectivity index (χ3n) is 7.02. The number of fused-ring (bicyclic) bond motifs is 4. The van der Waals surface area contributed by atoms with E-state index < -0.39 is 18.2 Å². The van der Waals surface area contributed by atoms with Gasteiger partial charge in [0.05, 0.1) is 43.5 Å². The Balaban J connectivity index is 1.43. The van der Waals surface area contributed by atoms with Gasteiger partial charge < -0.3 is 19.8 Å².